The Morgan fingerprint density at radius 2 is 1.79 bits per heavy atom. The van der Waals surface area contributed by atoms with Gasteiger partial charge in [0.15, 0.2) is 0 Å². The SMILES string of the molecule is O=C(NCCn1cnc(C2CC2)cc1=O)c1ccc(Oc2ccccc2)cc1. The fraction of sp³-hybridized carbons (Fsp3) is 0.227. The van der Waals surface area contributed by atoms with Crippen molar-refractivity contribution < 1.29 is 9.53 Å². The van der Waals surface area contributed by atoms with Crippen molar-refractivity contribution in [1.29, 1.82) is 0 Å². The third-order valence-electron chi connectivity index (χ3n) is 4.63. The summed E-state index contributed by atoms with van der Waals surface area (Å²) in [6.07, 6.45) is 3.79. The lowest BCUT2D eigenvalue weighted by atomic mass is 10.2. The molecule has 1 saturated carbocycles. The van der Waals surface area contributed by atoms with Gasteiger partial charge >= 0.3 is 0 Å². The van der Waals surface area contributed by atoms with E-state index in [1.54, 1.807) is 36.7 Å². The molecule has 2 aromatic carbocycles. The van der Waals surface area contributed by atoms with E-state index in [4.69, 9.17) is 4.74 Å². The van der Waals surface area contributed by atoms with Gasteiger partial charge in [-0.3, -0.25) is 14.2 Å². The second-order valence-corrected chi connectivity index (χ2v) is 6.82. The Balaban J connectivity index is 1.29. The summed E-state index contributed by atoms with van der Waals surface area (Å²) in [7, 11) is 0. The van der Waals surface area contributed by atoms with Crippen molar-refractivity contribution >= 4 is 5.91 Å². The Kier molecular flexibility index (Phi) is 5.19. The molecule has 0 spiro atoms. The van der Waals surface area contributed by atoms with E-state index in [0.717, 1.165) is 24.3 Å². The molecule has 3 aromatic rings. The summed E-state index contributed by atoms with van der Waals surface area (Å²) in [6, 6.07) is 18.0. The lowest BCUT2D eigenvalue weighted by molar-refractivity contribution is 0.0952. The van der Waals surface area contributed by atoms with E-state index in [2.05, 4.69) is 10.3 Å². The number of amides is 1. The van der Waals surface area contributed by atoms with Gasteiger partial charge in [0.1, 0.15) is 11.5 Å². The zero-order valence-electron chi connectivity index (χ0n) is 15.4. The van der Waals surface area contributed by atoms with Crippen molar-refractivity contribution in [2.45, 2.75) is 25.3 Å². The van der Waals surface area contributed by atoms with Gasteiger partial charge in [-0.05, 0) is 49.2 Å². The molecule has 1 heterocycles. The molecule has 142 valence electrons. The maximum absolute atomic E-state index is 12.3. The van der Waals surface area contributed by atoms with Gasteiger partial charge in [-0.15, -0.1) is 0 Å². The van der Waals surface area contributed by atoms with Crippen LogP contribution in [0.2, 0.25) is 0 Å². The van der Waals surface area contributed by atoms with Crippen LogP contribution in [0.5, 0.6) is 11.5 Å². The average Bonchev–Trinajstić information content (AvgIpc) is 3.56. The Hall–Kier alpha value is -3.41. The van der Waals surface area contributed by atoms with Gasteiger partial charge < -0.3 is 10.1 Å². The summed E-state index contributed by atoms with van der Waals surface area (Å²) in [5, 5.41) is 2.83. The highest BCUT2D eigenvalue weighted by Gasteiger charge is 2.25. The average molecular weight is 375 g/mol. The second-order valence-electron chi connectivity index (χ2n) is 6.82. The molecule has 6 nitrogen and oxygen atoms in total. The number of hydrogen-bond donors (Lipinski definition) is 1. The van der Waals surface area contributed by atoms with Crippen LogP contribution < -0.4 is 15.6 Å². The molecule has 1 fully saturated rings. The van der Waals surface area contributed by atoms with Crippen molar-refractivity contribution in [2.75, 3.05) is 6.54 Å². The van der Waals surface area contributed by atoms with Crippen molar-refractivity contribution in [3.63, 3.8) is 0 Å². The molecular weight excluding hydrogens is 354 g/mol. The topological polar surface area (TPSA) is 73.2 Å². The summed E-state index contributed by atoms with van der Waals surface area (Å²) in [4.78, 5) is 28.7. The monoisotopic (exact) mass is 375 g/mol. The molecule has 1 aromatic heterocycles. The Morgan fingerprint density at radius 1 is 1.07 bits per heavy atom. The number of carbonyl (C=O) groups is 1. The van der Waals surface area contributed by atoms with Crippen LogP contribution in [0, 0.1) is 0 Å². The van der Waals surface area contributed by atoms with Crippen molar-refractivity contribution in [3.8, 4) is 11.5 Å². The molecule has 6 heteroatoms. The first-order valence-corrected chi connectivity index (χ1v) is 9.36. The van der Waals surface area contributed by atoms with Gasteiger partial charge in [0.2, 0.25) is 0 Å². The van der Waals surface area contributed by atoms with Gasteiger partial charge in [-0.25, -0.2) is 4.98 Å². The predicted molar refractivity (Wildman–Crippen MR) is 106 cm³/mol. The smallest absolute Gasteiger partial charge is 0.253 e. The summed E-state index contributed by atoms with van der Waals surface area (Å²) >= 11 is 0. The van der Waals surface area contributed by atoms with E-state index in [1.807, 2.05) is 30.3 Å². The van der Waals surface area contributed by atoms with Crippen LogP contribution in [0.15, 0.2) is 71.8 Å². The number of para-hydroxylation sites is 1. The third-order valence-corrected chi connectivity index (χ3v) is 4.63. The van der Waals surface area contributed by atoms with E-state index in [-0.39, 0.29) is 11.5 Å². The molecule has 4 rings (SSSR count). The molecule has 0 atom stereocenters. The van der Waals surface area contributed by atoms with Crippen LogP contribution in [0.25, 0.3) is 0 Å². The van der Waals surface area contributed by atoms with Crippen LogP contribution in [0.1, 0.15) is 34.8 Å². The van der Waals surface area contributed by atoms with Gasteiger partial charge in [-0.2, -0.15) is 0 Å². The highest BCUT2D eigenvalue weighted by atomic mass is 16.5. The fourth-order valence-electron chi connectivity index (χ4n) is 2.90. The fourth-order valence-corrected chi connectivity index (χ4v) is 2.90. The minimum absolute atomic E-state index is 0.0754. The zero-order valence-corrected chi connectivity index (χ0v) is 15.4. The first-order chi connectivity index (χ1) is 13.7. The molecule has 1 N–H and O–H groups in total. The molecule has 0 bridgehead atoms. The minimum Gasteiger partial charge on any atom is -0.457 e. The number of carbonyl (C=O) groups excluding carboxylic acids is 1. The van der Waals surface area contributed by atoms with Gasteiger partial charge in [0.05, 0.1) is 12.0 Å². The Labute approximate surface area is 162 Å². The Morgan fingerprint density at radius 3 is 2.46 bits per heavy atom. The zero-order chi connectivity index (χ0) is 19.3. The second kappa shape index (κ2) is 8.08. The number of ether oxygens (including phenoxy) is 1. The minimum atomic E-state index is -0.193. The predicted octanol–water partition coefficient (Wildman–Crippen LogP) is 3.34. The number of benzene rings is 2. The normalized spacial score (nSPS) is 13.1. The van der Waals surface area contributed by atoms with Gasteiger partial charge in [-0.1, -0.05) is 18.2 Å². The molecule has 1 aliphatic carbocycles. The van der Waals surface area contributed by atoms with E-state index < -0.39 is 0 Å². The molecule has 28 heavy (non-hydrogen) atoms. The quantitative estimate of drug-likeness (QED) is 0.687. The molecular formula is C22H21N3O3. The number of hydrogen-bond acceptors (Lipinski definition) is 4. The van der Waals surface area contributed by atoms with E-state index in [0.29, 0.717) is 30.3 Å². The summed E-state index contributed by atoms with van der Waals surface area (Å²) in [5.74, 6) is 1.67. The number of rotatable bonds is 7. The van der Waals surface area contributed by atoms with E-state index in [1.165, 1.54) is 4.57 Å². The van der Waals surface area contributed by atoms with Gasteiger partial charge in [0, 0.05) is 30.6 Å². The maximum atomic E-state index is 12.3. The lowest BCUT2D eigenvalue weighted by Crippen LogP contribution is -2.31. The Bertz CT molecular complexity index is 1010. The van der Waals surface area contributed by atoms with E-state index >= 15 is 0 Å². The van der Waals surface area contributed by atoms with Crippen LogP contribution in [0.3, 0.4) is 0 Å². The largest absolute Gasteiger partial charge is 0.457 e. The molecule has 0 radical (unpaired) electrons. The van der Waals surface area contributed by atoms with Gasteiger partial charge in [0.25, 0.3) is 11.5 Å². The summed E-state index contributed by atoms with van der Waals surface area (Å²) < 4.78 is 7.24. The van der Waals surface area contributed by atoms with Crippen molar-refractivity contribution in [1.82, 2.24) is 14.9 Å². The number of aromatic nitrogens is 2. The number of nitrogens with one attached hydrogen (secondary N) is 1. The maximum Gasteiger partial charge on any atom is 0.253 e. The highest BCUT2D eigenvalue weighted by molar-refractivity contribution is 5.94. The lowest BCUT2D eigenvalue weighted by Gasteiger charge is -2.09. The third kappa shape index (κ3) is 4.46. The summed E-state index contributed by atoms with van der Waals surface area (Å²) in [6.45, 7) is 0.739. The van der Waals surface area contributed by atoms with Crippen LogP contribution in [-0.2, 0) is 6.54 Å². The van der Waals surface area contributed by atoms with Crippen molar-refractivity contribution in [3.05, 3.63) is 88.6 Å². The summed E-state index contributed by atoms with van der Waals surface area (Å²) in [5.41, 5.74) is 1.34. The van der Waals surface area contributed by atoms with Crippen LogP contribution >= 0.6 is 0 Å². The molecule has 1 aliphatic rings. The van der Waals surface area contributed by atoms with Crippen molar-refractivity contribution in [2.24, 2.45) is 0 Å². The van der Waals surface area contributed by atoms with Crippen LogP contribution in [-0.4, -0.2) is 22.0 Å². The molecule has 0 unspecified atom stereocenters. The first kappa shape index (κ1) is 18.0. The highest BCUT2D eigenvalue weighted by Crippen LogP contribution is 2.38. The molecule has 0 aliphatic heterocycles. The number of nitrogens with zero attached hydrogens (tertiary/aromatic N) is 2. The standard InChI is InChI=1S/C22H21N3O3/c26-21-14-20(16-6-7-16)24-15-25(21)13-12-23-22(27)17-8-10-19(11-9-17)28-18-4-2-1-3-5-18/h1-5,8-11,14-16H,6-7,12-13H2,(H,23,27). The van der Waals surface area contributed by atoms with E-state index in [9.17, 15) is 9.59 Å². The molecule has 1 amide bonds. The molecule has 0 saturated heterocycles. The first-order valence-electron chi connectivity index (χ1n) is 9.36. The van der Waals surface area contributed by atoms with Crippen LogP contribution in [0.4, 0.5) is 0 Å².